The van der Waals surface area contributed by atoms with Crippen LogP contribution in [0.15, 0.2) is 42.6 Å². The number of amides is 1. The van der Waals surface area contributed by atoms with Gasteiger partial charge in [0.1, 0.15) is 5.56 Å². The summed E-state index contributed by atoms with van der Waals surface area (Å²) in [4.78, 5) is 18.2. The normalized spacial score (nSPS) is 10.2. The summed E-state index contributed by atoms with van der Waals surface area (Å²) in [6.07, 6.45) is 1.61. The highest BCUT2D eigenvalue weighted by atomic mass is 35.5. The molecule has 0 spiro atoms. The molecule has 2 aromatic rings. The van der Waals surface area contributed by atoms with Crippen LogP contribution in [0, 0.1) is 0 Å². The van der Waals surface area contributed by atoms with E-state index < -0.39 is 0 Å². The molecule has 0 saturated carbocycles. The molecule has 0 unspecified atom stereocenters. The second kappa shape index (κ2) is 7.09. The summed E-state index contributed by atoms with van der Waals surface area (Å²) in [5.41, 5.74) is 1.35. The SMILES string of the molecule is CCOc1ncccc1C(=O)N(C)Cc1ccccc1Cl. The van der Waals surface area contributed by atoms with Gasteiger partial charge in [0.05, 0.1) is 6.61 Å². The molecule has 1 aromatic carbocycles. The number of pyridine rings is 1. The van der Waals surface area contributed by atoms with E-state index >= 15 is 0 Å². The van der Waals surface area contributed by atoms with Gasteiger partial charge in [0.15, 0.2) is 0 Å². The monoisotopic (exact) mass is 304 g/mol. The summed E-state index contributed by atoms with van der Waals surface area (Å²) >= 11 is 6.13. The van der Waals surface area contributed by atoms with E-state index in [1.165, 1.54) is 0 Å². The van der Waals surface area contributed by atoms with E-state index in [2.05, 4.69) is 4.98 Å². The maximum absolute atomic E-state index is 12.5. The van der Waals surface area contributed by atoms with E-state index in [1.54, 1.807) is 30.3 Å². The molecule has 0 aliphatic heterocycles. The number of rotatable bonds is 5. The summed E-state index contributed by atoms with van der Waals surface area (Å²) < 4.78 is 5.40. The van der Waals surface area contributed by atoms with Gasteiger partial charge in [-0.25, -0.2) is 4.98 Å². The minimum Gasteiger partial charge on any atom is -0.477 e. The van der Waals surface area contributed by atoms with E-state index in [0.717, 1.165) is 5.56 Å². The van der Waals surface area contributed by atoms with Gasteiger partial charge in [0, 0.05) is 24.8 Å². The average molecular weight is 305 g/mol. The summed E-state index contributed by atoms with van der Waals surface area (Å²) in [6.45, 7) is 2.75. The summed E-state index contributed by atoms with van der Waals surface area (Å²) in [5.74, 6) is 0.211. The molecule has 1 amide bonds. The Labute approximate surface area is 129 Å². The molecule has 0 aliphatic rings. The van der Waals surface area contributed by atoms with Crippen LogP contribution in [0.25, 0.3) is 0 Å². The van der Waals surface area contributed by atoms with Crippen molar-refractivity contribution >= 4 is 17.5 Å². The van der Waals surface area contributed by atoms with Gasteiger partial charge in [-0.05, 0) is 30.7 Å². The first kappa shape index (κ1) is 15.3. The Balaban J connectivity index is 2.18. The van der Waals surface area contributed by atoms with Crippen molar-refractivity contribution in [3.8, 4) is 5.88 Å². The lowest BCUT2D eigenvalue weighted by Gasteiger charge is -2.19. The molecule has 1 heterocycles. The van der Waals surface area contributed by atoms with Crippen molar-refractivity contribution in [3.05, 3.63) is 58.7 Å². The molecule has 1 aromatic heterocycles. The highest BCUT2D eigenvalue weighted by Gasteiger charge is 2.18. The van der Waals surface area contributed by atoms with Crippen molar-refractivity contribution in [3.63, 3.8) is 0 Å². The zero-order valence-corrected chi connectivity index (χ0v) is 12.8. The minimum atomic E-state index is -0.147. The van der Waals surface area contributed by atoms with Crippen LogP contribution < -0.4 is 4.74 Å². The topological polar surface area (TPSA) is 42.4 Å². The number of hydrogen-bond acceptors (Lipinski definition) is 3. The first-order valence-corrected chi connectivity index (χ1v) is 7.08. The third-order valence-corrected chi connectivity index (χ3v) is 3.36. The van der Waals surface area contributed by atoms with Crippen molar-refractivity contribution in [1.29, 1.82) is 0 Å². The van der Waals surface area contributed by atoms with E-state index in [0.29, 0.717) is 29.6 Å². The van der Waals surface area contributed by atoms with Crippen LogP contribution in [0.4, 0.5) is 0 Å². The average Bonchev–Trinajstić information content (AvgIpc) is 2.50. The molecular formula is C16H17ClN2O2. The van der Waals surface area contributed by atoms with Crippen LogP contribution in [0.1, 0.15) is 22.8 Å². The lowest BCUT2D eigenvalue weighted by Crippen LogP contribution is -2.27. The number of carbonyl (C=O) groups is 1. The van der Waals surface area contributed by atoms with Crippen molar-refractivity contribution in [2.45, 2.75) is 13.5 Å². The number of carbonyl (C=O) groups excluding carboxylic acids is 1. The number of halogens is 1. The largest absolute Gasteiger partial charge is 0.477 e. The molecule has 0 saturated heterocycles. The predicted molar refractivity (Wildman–Crippen MR) is 82.7 cm³/mol. The number of ether oxygens (including phenoxy) is 1. The van der Waals surface area contributed by atoms with E-state index in [-0.39, 0.29) is 5.91 Å². The van der Waals surface area contributed by atoms with Crippen LogP contribution in [0.3, 0.4) is 0 Å². The number of nitrogens with zero attached hydrogens (tertiary/aromatic N) is 2. The molecule has 0 aliphatic carbocycles. The highest BCUT2D eigenvalue weighted by Crippen LogP contribution is 2.20. The summed E-state index contributed by atoms with van der Waals surface area (Å²) in [5, 5.41) is 0.647. The second-order valence-corrected chi connectivity index (χ2v) is 4.95. The zero-order chi connectivity index (χ0) is 15.2. The van der Waals surface area contributed by atoms with Crippen molar-refractivity contribution in [2.75, 3.05) is 13.7 Å². The Kier molecular flexibility index (Phi) is 5.17. The second-order valence-electron chi connectivity index (χ2n) is 4.54. The van der Waals surface area contributed by atoms with Crippen LogP contribution in [0.2, 0.25) is 5.02 Å². The van der Waals surface area contributed by atoms with Gasteiger partial charge in [-0.1, -0.05) is 29.8 Å². The molecule has 2 rings (SSSR count). The van der Waals surface area contributed by atoms with Crippen molar-refractivity contribution in [2.24, 2.45) is 0 Å². The quantitative estimate of drug-likeness (QED) is 0.850. The number of hydrogen-bond donors (Lipinski definition) is 0. The van der Waals surface area contributed by atoms with Gasteiger partial charge in [-0.15, -0.1) is 0 Å². The van der Waals surface area contributed by atoms with Crippen molar-refractivity contribution < 1.29 is 9.53 Å². The van der Waals surface area contributed by atoms with E-state index in [9.17, 15) is 4.79 Å². The minimum absolute atomic E-state index is 0.147. The molecule has 0 bridgehead atoms. The third kappa shape index (κ3) is 3.73. The van der Waals surface area contributed by atoms with Gasteiger partial charge in [0.25, 0.3) is 5.91 Å². The molecule has 5 heteroatoms. The maximum atomic E-state index is 12.5. The maximum Gasteiger partial charge on any atom is 0.259 e. The first-order chi connectivity index (χ1) is 10.1. The molecule has 0 N–H and O–H groups in total. The molecule has 4 nitrogen and oxygen atoms in total. The number of benzene rings is 1. The van der Waals surface area contributed by atoms with Crippen LogP contribution in [-0.4, -0.2) is 29.4 Å². The Morgan fingerprint density at radius 2 is 2.05 bits per heavy atom. The molecule has 0 atom stereocenters. The standard InChI is InChI=1S/C16H17ClN2O2/c1-3-21-15-13(8-6-10-18-15)16(20)19(2)11-12-7-4-5-9-14(12)17/h4-10H,3,11H2,1-2H3. The van der Waals surface area contributed by atoms with Crippen LogP contribution in [0.5, 0.6) is 5.88 Å². The Morgan fingerprint density at radius 3 is 2.76 bits per heavy atom. The fourth-order valence-corrected chi connectivity index (χ4v) is 2.16. The van der Waals surface area contributed by atoms with Gasteiger partial charge in [-0.3, -0.25) is 4.79 Å². The summed E-state index contributed by atoms with van der Waals surface area (Å²) in [7, 11) is 1.73. The fourth-order valence-electron chi connectivity index (χ4n) is 1.96. The fraction of sp³-hybridized carbons (Fsp3) is 0.250. The van der Waals surface area contributed by atoms with E-state index in [1.807, 2.05) is 31.2 Å². The lowest BCUT2D eigenvalue weighted by atomic mass is 10.2. The molecule has 0 radical (unpaired) electrons. The van der Waals surface area contributed by atoms with E-state index in [4.69, 9.17) is 16.3 Å². The molecular weight excluding hydrogens is 288 g/mol. The zero-order valence-electron chi connectivity index (χ0n) is 12.0. The smallest absolute Gasteiger partial charge is 0.259 e. The molecule has 21 heavy (non-hydrogen) atoms. The van der Waals surface area contributed by atoms with Gasteiger partial charge in [-0.2, -0.15) is 0 Å². The predicted octanol–water partition coefficient (Wildman–Crippen LogP) is 3.41. The lowest BCUT2D eigenvalue weighted by molar-refractivity contribution is 0.0780. The molecule has 0 fully saturated rings. The van der Waals surface area contributed by atoms with Crippen molar-refractivity contribution in [1.82, 2.24) is 9.88 Å². The van der Waals surface area contributed by atoms with Gasteiger partial charge in [0.2, 0.25) is 5.88 Å². The molecule has 110 valence electrons. The summed E-state index contributed by atoms with van der Waals surface area (Å²) in [6, 6.07) is 10.9. The number of aromatic nitrogens is 1. The van der Waals surface area contributed by atoms with Crippen LogP contribution >= 0.6 is 11.6 Å². The van der Waals surface area contributed by atoms with Crippen LogP contribution in [-0.2, 0) is 6.54 Å². The van der Waals surface area contributed by atoms with Gasteiger partial charge < -0.3 is 9.64 Å². The van der Waals surface area contributed by atoms with Gasteiger partial charge >= 0.3 is 0 Å². The Bertz CT molecular complexity index is 631. The Hall–Kier alpha value is -2.07. The highest BCUT2D eigenvalue weighted by molar-refractivity contribution is 6.31. The first-order valence-electron chi connectivity index (χ1n) is 6.70. The Morgan fingerprint density at radius 1 is 1.29 bits per heavy atom. The third-order valence-electron chi connectivity index (χ3n) is 2.99.